The number of nitrogens with zero attached hydrogens (tertiary/aromatic N) is 2. The van der Waals surface area contributed by atoms with Crippen LogP contribution in [0.3, 0.4) is 0 Å². The molecule has 8 heteroatoms. The predicted molar refractivity (Wildman–Crippen MR) is 93.8 cm³/mol. The number of hydrogen-bond donors (Lipinski definition) is 0. The van der Waals surface area contributed by atoms with Crippen LogP contribution in [-0.2, 0) is 21.1 Å². The number of fused-ring (bicyclic) bond motifs is 1. The summed E-state index contributed by atoms with van der Waals surface area (Å²) in [6, 6.07) is 7.13. The molecule has 0 unspecified atom stereocenters. The summed E-state index contributed by atoms with van der Waals surface area (Å²) < 4.78 is 23.5. The number of thioether (sulfide) groups is 1. The fourth-order valence-corrected chi connectivity index (χ4v) is 7.19. The van der Waals surface area contributed by atoms with E-state index in [1.54, 1.807) is 12.1 Å². The number of amides is 1. The number of amidine groups is 1. The zero-order valence-electron chi connectivity index (χ0n) is 12.6. The van der Waals surface area contributed by atoms with E-state index in [0.29, 0.717) is 16.7 Å². The molecule has 1 aromatic rings. The SMILES string of the molecule is CCN1C(=NC(=O)Cc2ccccc2Cl)S[C@H]2CS(=O)(=O)C[C@H]21. The summed E-state index contributed by atoms with van der Waals surface area (Å²) in [7, 11) is -2.97. The van der Waals surface area contributed by atoms with Crippen molar-refractivity contribution in [3.8, 4) is 0 Å². The van der Waals surface area contributed by atoms with Gasteiger partial charge in [0.05, 0.1) is 24.0 Å². The van der Waals surface area contributed by atoms with Gasteiger partial charge in [0.1, 0.15) is 0 Å². The predicted octanol–water partition coefficient (Wildman–Crippen LogP) is 2.00. The molecule has 5 nitrogen and oxygen atoms in total. The Labute approximate surface area is 145 Å². The lowest BCUT2D eigenvalue weighted by molar-refractivity contribution is -0.117. The summed E-state index contributed by atoms with van der Waals surface area (Å²) in [6.45, 7) is 2.59. The van der Waals surface area contributed by atoms with Gasteiger partial charge < -0.3 is 4.90 Å². The molecule has 0 aromatic heterocycles. The molecule has 0 aliphatic carbocycles. The second-order valence-corrected chi connectivity index (χ2v) is 9.41. The number of carbonyl (C=O) groups is 1. The number of carbonyl (C=O) groups excluding carboxylic acids is 1. The van der Waals surface area contributed by atoms with E-state index in [-0.39, 0.29) is 35.1 Å². The van der Waals surface area contributed by atoms with E-state index in [9.17, 15) is 13.2 Å². The Morgan fingerprint density at radius 1 is 1.39 bits per heavy atom. The largest absolute Gasteiger partial charge is 0.346 e. The summed E-state index contributed by atoms with van der Waals surface area (Å²) in [4.78, 5) is 18.4. The Balaban J connectivity index is 1.75. The minimum atomic E-state index is -2.97. The van der Waals surface area contributed by atoms with Gasteiger partial charge in [-0.1, -0.05) is 41.6 Å². The Morgan fingerprint density at radius 2 is 2.13 bits per heavy atom. The highest BCUT2D eigenvalue weighted by molar-refractivity contribution is 8.15. The summed E-state index contributed by atoms with van der Waals surface area (Å²) in [5, 5.41) is 1.16. The van der Waals surface area contributed by atoms with Crippen LogP contribution >= 0.6 is 23.4 Å². The molecule has 2 heterocycles. The number of benzene rings is 1. The van der Waals surface area contributed by atoms with Crippen LogP contribution in [0.1, 0.15) is 12.5 Å². The molecule has 2 atom stereocenters. The first-order valence-electron chi connectivity index (χ1n) is 7.38. The lowest BCUT2D eigenvalue weighted by Crippen LogP contribution is -2.37. The van der Waals surface area contributed by atoms with E-state index in [1.165, 1.54) is 11.8 Å². The first-order chi connectivity index (χ1) is 10.9. The minimum Gasteiger partial charge on any atom is -0.346 e. The van der Waals surface area contributed by atoms with Crippen molar-refractivity contribution >= 4 is 44.3 Å². The number of sulfone groups is 1. The molecule has 0 bridgehead atoms. The quantitative estimate of drug-likeness (QED) is 0.811. The minimum absolute atomic E-state index is 0.0215. The zero-order valence-corrected chi connectivity index (χ0v) is 15.0. The number of halogens is 1. The molecular formula is C15H17ClN2O3S2. The van der Waals surface area contributed by atoms with Gasteiger partial charge in [0.15, 0.2) is 15.0 Å². The number of aliphatic imine (C=N–C) groups is 1. The molecular weight excluding hydrogens is 356 g/mol. The van der Waals surface area contributed by atoms with Gasteiger partial charge in [0.25, 0.3) is 5.91 Å². The van der Waals surface area contributed by atoms with Crippen LogP contribution in [0.2, 0.25) is 5.02 Å². The van der Waals surface area contributed by atoms with E-state index in [4.69, 9.17) is 11.6 Å². The third-order valence-corrected chi connectivity index (χ3v) is 7.65. The molecule has 2 aliphatic rings. The van der Waals surface area contributed by atoms with Gasteiger partial charge in [-0.25, -0.2) is 8.42 Å². The van der Waals surface area contributed by atoms with Gasteiger partial charge in [0.2, 0.25) is 0 Å². The molecule has 0 radical (unpaired) electrons. The summed E-state index contributed by atoms with van der Waals surface area (Å²) in [5.74, 6) is 0.0501. The van der Waals surface area contributed by atoms with Crippen molar-refractivity contribution in [1.82, 2.24) is 4.90 Å². The van der Waals surface area contributed by atoms with Crippen LogP contribution in [0.4, 0.5) is 0 Å². The number of rotatable bonds is 3. The third kappa shape index (κ3) is 3.56. The zero-order chi connectivity index (χ0) is 16.6. The molecule has 2 aliphatic heterocycles. The van der Waals surface area contributed by atoms with Crippen molar-refractivity contribution in [2.24, 2.45) is 4.99 Å². The van der Waals surface area contributed by atoms with Crippen LogP contribution in [0, 0.1) is 0 Å². The van der Waals surface area contributed by atoms with Gasteiger partial charge in [0, 0.05) is 16.8 Å². The normalized spacial score (nSPS) is 27.4. The molecule has 3 rings (SSSR count). The molecule has 124 valence electrons. The first-order valence-corrected chi connectivity index (χ1v) is 10.5. The van der Waals surface area contributed by atoms with E-state index in [2.05, 4.69) is 4.99 Å². The van der Waals surface area contributed by atoms with Gasteiger partial charge >= 0.3 is 0 Å². The van der Waals surface area contributed by atoms with Crippen LogP contribution in [0.25, 0.3) is 0 Å². The van der Waals surface area contributed by atoms with E-state index in [1.807, 2.05) is 24.0 Å². The number of hydrogen-bond acceptors (Lipinski definition) is 4. The summed E-state index contributed by atoms with van der Waals surface area (Å²) in [6.07, 6.45) is 0.148. The van der Waals surface area contributed by atoms with Gasteiger partial charge in [-0.3, -0.25) is 4.79 Å². The lowest BCUT2D eigenvalue weighted by Gasteiger charge is -2.22. The van der Waals surface area contributed by atoms with Gasteiger partial charge in [-0.2, -0.15) is 4.99 Å². The smallest absolute Gasteiger partial charge is 0.252 e. The molecule has 1 amide bonds. The highest BCUT2D eigenvalue weighted by atomic mass is 35.5. The van der Waals surface area contributed by atoms with E-state index >= 15 is 0 Å². The van der Waals surface area contributed by atoms with Crippen molar-refractivity contribution in [2.45, 2.75) is 24.6 Å². The van der Waals surface area contributed by atoms with Crippen LogP contribution in [0.5, 0.6) is 0 Å². The Bertz CT molecular complexity index is 764. The molecule has 1 aromatic carbocycles. The van der Waals surface area contributed by atoms with Crippen molar-refractivity contribution in [3.63, 3.8) is 0 Å². The highest BCUT2D eigenvalue weighted by Gasteiger charge is 2.48. The molecule has 2 fully saturated rings. The van der Waals surface area contributed by atoms with Crippen LogP contribution in [-0.4, -0.2) is 53.7 Å². The molecule has 0 N–H and O–H groups in total. The van der Waals surface area contributed by atoms with E-state index < -0.39 is 9.84 Å². The third-order valence-electron chi connectivity index (χ3n) is 4.04. The maximum atomic E-state index is 12.2. The topological polar surface area (TPSA) is 66.8 Å². The maximum Gasteiger partial charge on any atom is 0.252 e. The summed E-state index contributed by atoms with van der Waals surface area (Å²) in [5.41, 5.74) is 0.748. The monoisotopic (exact) mass is 372 g/mol. The van der Waals surface area contributed by atoms with Crippen LogP contribution < -0.4 is 0 Å². The lowest BCUT2D eigenvalue weighted by atomic mass is 10.1. The van der Waals surface area contributed by atoms with E-state index in [0.717, 1.165) is 5.56 Å². The molecule has 23 heavy (non-hydrogen) atoms. The van der Waals surface area contributed by atoms with Crippen LogP contribution in [0.15, 0.2) is 29.3 Å². The van der Waals surface area contributed by atoms with Crippen molar-refractivity contribution < 1.29 is 13.2 Å². The average molecular weight is 373 g/mol. The molecule has 0 spiro atoms. The Morgan fingerprint density at radius 3 is 2.83 bits per heavy atom. The highest BCUT2D eigenvalue weighted by Crippen LogP contribution is 2.37. The maximum absolute atomic E-state index is 12.2. The average Bonchev–Trinajstić information content (AvgIpc) is 2.92. The van der Waals surface area contributed by atoms with Crippen molar-refractivity contribution in [3.05, 3.63) is 34.9 Å². The molecule has 0 saturated carbocycles. The fourth-order valence-electron chi connectivity index (χ4n) is 2.96. The van der Waals surface area contributed by atoms with Crippen molar-refractivity contribution in [2.75, 3.05) is 18.1 Å². The summed E-state index contributed by atoms with van der Waals surface area (Å²) >= 11 is 7.47. The fraction of sp³-hybridized carbons (Fsp3) is 0.467. The second kappa shape index (κ2) is 6.45. The Hall–Kier alpha value is -1.05. The second-order valence-electron chi connectivity index (χ2n) is 5.64. The van der Waals surface area contributed by atoms with Gasteiger partial charge in [-0.15, -0.1) is 0 Å². The standard InChI is InChI=1S/C15H17ClN2O3S2/c1-2-18-12-8-23(20,21)9-13(12)22-15(18)17-14(19)7-10-5-3-4-6-11(10)16/h3-6,12-13H,2,7-9H2,1H3/t12-,13+/m1/s1. The Kier molecular flexibility index (Phi) is 4.71. The van der Waals surface area contributed by atoms with Gasteiger partial charge in [-0.05, 0) is 18.6 Å². The first kappa shape index (κ1) is 16.8. The molecule has 2 saturated heterocycles. The van der Waals surface area contributed by atoms with Crippen molar-refractivity contribution in [1.29, 1.82) is 0 Å².